The van der Waals surface area contributed by atoms with Crippen molar-refractivity contribution >= 4 is 18.0 Å². The van der Waals surface area contributed by atoms with E-state index >= 15 is 0 Å². The number of rotatable bonds is 8. The van der Waals surface area contributed by atoms with Crippen LogP contribution in [0.3, 0.4) is 0 Å². The molecule has 2 amide bonds. The predicted octanol–water partition coefficient (Wildman–Crippen LogP) is 4.17. The van der Waals surface area contributed by atoms with E-state index in [-0.39, 0.29) is 17.9 Å². The van der Waals surface area contributed by atoms with Crippen LogP contribution in [0.1, 0.15) is 50.7 Å². The fourth-order valence-electron chi connectivity index (χ4n) is 5.05. The molecule has 4 rings (SSSR count). The van der Waals surface area contributed by atoms with Gasteiger partial charge in [0.25, 0.3) is 0 Å². The van der Waals surface area contributed by atoms with Crippen LogP contribution in [-0.4, -0.2) is 42.3 Å². The van der Waals surface area contributed by atoms with E-state index in [0.717, 1.165) is 28.7 Å². The summed E-state index contributed by atoms with van der Waals surface area (Å²) in [5.74, 6) is -0.882. The highest BCUT2D eigenvalue weighted by Crippen LogP contribution is 2.50. The molecule has 34 heavy (non-hydrogen) atoms. The third-order valence-corrected chi connectivity index (χ3v) is 6.90. The number of hydrogen-bond donors (Lipinski definition) is 3. The lowest BCUT2D eigenvalue weighted by atomic mass is 9.89. The van der Waals surface area contributed by atoms with Gasteiger partial charge in [-0.15, -0.1) is 0 Å². The Hall–Kier alpha value is -3.35. The molecule has 0 heterocycles. The van der Waals surface area contributed by atoms with E-state index in [4.69, 9.17) is 4.74 Å². The number of fused-ring (bicyclic) bond motifs is 3. The highest BCUT2D eigenvalue weighted by molar-refractivity contribution is 5.89. The minimum Gasteiger partial charge on any atom is -0.481 e. The number of carboxylic acid groups (broad SMARTS) is 1. The smallest absolute Gasteiger partial charge is 0.407 e. The number of nitrogens with one attached hydrogen (secondary N) is 2. The Balaban J connectivity index is 1.35. The fraction of sp³-hybridized carbons (Fsp3) is 0.444. The average molecular weight is 465 g/mol. The first-order chi connectivity index (χ1) is 16.1. The molecule has 1 fully saturated rings. The first kappa shape index (κ1) is 23.8. The quantitative estimate of drug-likeness (QED) is 0.544. The van der Waals surface area contributed by atoms with Crippen molar-refractivity contribution in [3.8, 4) is 11.1 Å². The van der Waals surface area contributed by atoms with Gasteiger partial charge < -0.3 is 20.5 Å². The van der Waals surface area contributed by atoms with Crippen molar-refractivity contribution in [2.24, 2.45) is 17.3 Å². The highest BCUT2D eigenvalue weighted by Gasteiger charge is 2.45. The van der Waals surface area contributed by atoms with Gasteiger partial charge in [-0.1, -0.05) is 69.3 Å². The second-order valence-electron chi connectivity index (χ2n) is 10.3. The van der Waals surface area contributed by atoms with Gasteiger partial charge >= 0.3 is 12.1 Å². The molecule has 3 atom stereocenters. The number of carbonyl (C=O) groups is 3. The minimum absolute atomic E-state index is 0.0939. The Labute approximate surface area is 199 Å². The number of ether oxygens (including phenoxy) is 1. The molecule has 180 valence electrons. The molecule has 0 spiro atoms. The van der Waals surface area contributed by atoms with Gasteiger partial charge in [-0.2, -0.15) is 0 Å². The van der Waals surface area contributed by atoms with Crippen molar-refractivity contribution in [1.82, 2.24) is 10.6 Å². The largest absolute Gasteiger partial charge is 0.481 e. The third kappa shape index (κ3) is 5.24. The molecule has 2 aromatic carbocycles. The molecular weight excluding hydrogens is 432 g/mol. The van der Waals surface area contributed by atoms with Crippen LogP contribution in [0.2, 0.25) is 0 Å². The monoisotopic (exact) mass is 464 g/mol. The Bertz CT molecular complexity index is 1040. The van der Waals surface area contributed by atoms with Gasteiger partial charge in [0.1, 0.15) is 12.6 Å². The van der Waals surface area contributed by atoms with Crippen molar-refractivity contribution < 1.29 is 24.2 Å². The van der Waals surface area contributed by atoms with Gasteiger partial charge in [0.05, 0.1) is 6.42 Å². The summed E-state index contributed by atoms with van der Waals surface area (Å²) >= 11 is 0. The van der Waals surface area contributed by atoms with Crippen LogP contribution < -0.4 is 10.6 Å². The summed E-state index contributed by atoms with van der Waals surface area (Å²) in [4.78, 5) is 36.5. The molecular formula is C27H32N2O5. The number of amides is 2. The molecule has 2 aliphatic carbocycles. The predicted molar refractivity (Wildman–Crippen MR) is 128 cm³/mol. The van der Waals surface area contributed by atoms with Crippen molar-refractivity contribution in [1.29, 1.82) is 0 Å². The maximum absolute atomic E-state index is 12.6. The molecule has 0 aliphatic heterocycles. The molecule has 1 saturated carbocycles. The van der Waals surface area contributed by atoms with E-state index in [9.17, 15) is 19.5 Å². The first-order valence-electron chi connectivity index (χ1n) is 11.8. The maximum atomic E-state index is 12.6. The van der Waals surface area contributed by atoms with E-state index in [1.807, 2.05) is 48.5 Å². The summed E-state index contributed by atoms with van der Waals surface area (Å²) < 4.78 is 5.48. The van der Waals surface area contributed by atoms with Crippen molar-refractivity contribution in [3.05, 3.63) is 59.7 Å². The molecule has 7 nitrogen and oxygen atoms in total. The van der Waals surface area contributed by atoms with Gasteiger partial charge in [0.15, 0.2) is 0 Å². The zero-order chi connectivity index (χ0) is 24.5. The first-order valence-corrected chi connectivity index (χ1v) is 11.8. The maximum Gasteiger partial charge on any atom is 0.407 e. The summed E-state index contributed by atoms with van der Waals surface area (Å²) in [6.07, 6.45) is -0.279. The number of alkyl carbamates (subject to hydrolysis) is 1. The van der Waals surface area contributed by atoms with Crippen LogP contribution in [0.5, 0.6) is 0 Å². The lowest BCUT2D eigenvalue weighted by Gasteiger charge is -2.20. The van der Waals surface area contributed by atoms with Gasteiger partial charge in [-0.05, 0) is 45.9 Å². The number of benzene rings is 2. The van der Waals surface area contributed by atoms with Gasteiger partial charge in [0.2, 0.25) is 5.91 Å². The summed E-state index contributed by atoms with van der Waals surface area (Å²) in [6.45, 7) is 7.09. The normalized spacial score (nSPS) is 19.5. The van der Waals surface area contributed by atoms with Crippen molar-refractivity contribution in [2.45, 2.75) is 45.6 Å². The summed E-state index contributed by atoms with van der Waals surface area (Å²) in [7, 11) is 0. The molecule has 0 bridgehead atoms. The molecule has 3 N–H and O–H groups in total. The molecule has 2 aromatic rings. The molecule has 0 radical (unpaired) electrons. The molecule has 2 aliphatic rings. The van der Waals surface area contributed by atoms with E-state index < -0.39 is 30.4 Å². The molecule has 7 heteroatoms. The van der Waals surface area contributed by atoms with E-state index in [1.54, 1.807) is 0 Å². The summed E-state index contributed by atoms with van der Waals surface area (Å²) in [5, 5.41) is 14.5. The van der Waals surface area contributed by atoms with Gasteiger partial charge in [-0.25, -0.2) is 4.79 Å². The van der Waals surface area contributed by atoms with E-state index in [2.05, 4.69) is 31.4 Å². The topological polar surface area (TPSA) is 105 Å². The second kappa shape index (κ2) is 9.49. The molecule has 0 aromatic heterocycles. The second-order valence-corrected chi connectivity index (χ2v) is 10.3. The van der Waals surface area contributed by atoms with Crippen molar-refractivity contribution in [2.75, 3.05) is 13.2 Å². The number of hydrogen-bond acceptors (Lipinski definition) is 4. The van der Waals surface area contributed by atoms with E-state index in [0.29, 0.717) is 18.4 Å². The number of aliphatic carboxylic acids is 1. The zero-order valence-corrected chi connectivity index (χ0v) is 19.8. The Morgan fingerprint density at radius 1 is 1.03 bits per heavy atom. The van der Waals surface area contributed by atoms with Crippen molar-refractivity contribution in [3.63, 3.8) is 0 Å². The van der Waals surface area contributed by atoms with Crippen LogP contribution in [-0.2, 0) is 14.3 Å². The van der Waals surface area contributed by atoms with E-state index in [1.165, 1.54) is 0 Å². The standard InChI is InChI=1S/C27H32N2O5/c1-27(2,3)22-12-16(22)14-28-25(32)23(13-24(30)31)29-26(33)34-15-21-19-10-6-4-8-17(19)18-9-5-7-11-20(18)21/h4-11,16,21-23H,12-15H2,1-3H3,(H,28,32)(H,29,33)(H,30,31). The lowest BCUT2D eigenvalue weighted by Crippen LogP contribution is -2.48. The number of carboxylic acids is 1. The van der Waals surface area contributed by atoms with Crippen LogP contribution in [0, 0.1) is 17.3 Å². The third-order valence-electron chi connectivity index (χ3n) is 6.90. The average Bonchev–Trinajstić information content (AvgIpc) is 3.52. The SMILES string of the molecule is CC(C)(C)C1CC1CNC(=O)C(CC(=O)O)NC(=O)OCC1c2ccccc2-c2ccccc21. The fourth-order valence-corrected chi connectivity index (χ4v) is 5.05. The van der Waals surface area contributed by atoms with Crippen LogP contribution in [0.15, 0.2) is 48.5 Å². The summed E-state index contributed by atoms with van der Waals surface area (Å²) in [6, 6.07) is 14.8. The minimum atomic E-state index is -1.19. The Kier molecular flexibility index (Phi) is 6.64. The van der Waals surface area contributed by atoms with Crippen LogP contribution >= 0.6 is 0 Å². The Morgan fingerprint density at radius 2 is 1.62 bits per heavy atom. The summed E-state index contributed by atoms with van der Waals surface area (Å²) in [5.41, 5.74) is 4.56. The Morgan fingerprint density at radius 3 is 2.15 bits per heavy atom. The molecule has 0 saturated heterocycles. The van der Waals surface area contributed by atoms with Crippen LogP contribution in [0.4, 0.5) is 4.79 Å². The van der Waals surface area contributed by atoms with Gasteiger partial charge in [0, 0.05) is 12.5 Å². The zero-order valence-electron chi connectivity index (χ0n) is 19.8. The van der Waals surface area contributed by atoms with Crippen LogP contribution in [0.25, 0.3) is 11.1 Å². The lowest BCUT2D eigenvalue weighted by molar-refractivity contribution is -0.139. The van der Waals surface area contributed by atoms with Gasteiger partial charge in [-0.3, -0.25) is 9.59 Å². The molecule has 3 unspecified atom stereocenters. The highest BCUT2D eigenvalue weighted by atomic mass is 16.5. The number of carbonyl (C=O) groups excluding carboxylic acids is 2.